The van der Waals surface area contributed by atoms with Crippen LogP contribution in [0.5, 0.6) is 0 Å². The Kier molecular flexibility index (Phi) is 5.56. The van der Waals surface area contributed by atoms with E-state index in [1.807, 2.05) is 35.8 Å². The molecule has 0 unspecified atom stereocenters. The van der Waals surface area contributed by atoms with Crippen molar-refractivity contribution in [2.24, 2.45) is 16.3 Å². The number of guanidine groups is 1. The fourth-order valence-electron chi connectivity index (χ4n) is 4.11. The Bertz CT molecular complexity index is 712. The largest absolute Gasteiger partial charge is 0.356 e. The van der Waals surface area contributed by atoms with Crippen LogP contribution in [0.4, 0.5) is 0 Å². The van der Waals surface area contributed by atoms with Gasteiger partial charge < -0.3 is 10.6 Å². The Hall–Kier alpha value is -2.11. The highest BCUT2D eigenvalue weighted by molar-refractivity contribution is 5.79. The van der Waals surface area contributed by atoms with Gasteiger partial charge in [0, 0.05) is 19.8 Å². The molecule has 2 heterocycles. The summed E-state index contributed by atoms with van der Waals surface area (Å²) < 4.78 is 2.00. The first-order valence-electron chi connectivity index (χ1n) is 9.35. The van der Waals surface area contributed by atoms with Crippen molar-refractivity contribution in [2.45, 2.75) is 52.5 Å². The van der Waals surface area contributed by atoms with Gasteiger partial charge in [0.1, 0.15) is 0 Å². The molecule has 0 spiro atoms. The Morgan fingerprint density at radius 2 is 2.04 bits per heavy atom. The molecule has 0 aliphatic heterocycles. The van der Waals surface area contributed by atoms with Crippen LogP contribution in [0.2, 0.25) is 0 Å². The van der Waals surface area contributed by atoms with Crippen LogP contribution in [-0.4, -0.2) is 34.2 Å². The van der Waals surface area contributed by atoms with Crippen LogP contribution in [0.1, 0.15) is 51.8 Å². The number of hydrogen-bond donors (Lipinski definition) is 2. The molecular formula is C19H30N6. The van der Waals surface area contributed by atoms with E-state index in [1.54, 1.807) is 0 Å². The van der Waals surface area contributed by atoms with Crippen molar-refractivity contribution < 1.29 is 0 Å². The topological polar surface area (TPSA) is 66.6 Å². The summed E-state index contributed by atoms with van der Waals surface area (Å²) in [6.45, 7) is 6.24. The first kappa shape index (κ1) is 17.7. The third-order valence-electron chi connectivity index (χ3n) is 5.16. The lowest BCUT2D eigenvalue weighted by molar-refractivity contribution is 0.234. The first-order valence-corrected chi connectivity index (χ1v) is 9.35. The maximum atomic E-state index is 4.38. The highest BCUT2D eigenvalue weighted by Gasteiger charge is 2.34. The van der Waals surface area contributed by atoms with Crippen molar-refractivity contribution >= 4 is 11.6 Å². The van der Waals surface area contributed by atoms with E-state index >= 15 is 0 Å². The summed E-state index contributed by atoms with van der Waals surface area (Å²) >= 11 is 0. The molecule has 0 saturated heterocycles. The van der Waals surface area contributed by atoms with E-state index in [0.717, 1.165) is 29.9 Å². The van der Waals surface area contributed by atoms with E-state index in [0.29, 0.717) is 12.0 Å². The molecule has 0 bridgehead atoms. The summed E-state index contributed by atoms with van der Waals surface area (Å²) in [4.78, 5) is 4.38. The van der Waals surface area contributed by atoms with Gasteiger partial charge in [-0.2, -0.15) is 0 Å². The Morgan fingerprint density at radius 3 is 2.76 bits per heavy atom. The lowest BCUT2D eigenvalue weighted by Crippen LogP contribution is -2.43. The van der Waals surface area contributed by atoms with Crippen LogP contribution in [0.15, 0.2) is 29.4 Å². The predicted molar refractivity (Wildman–Crippen MR) is 102 cm³/mol. The van der Waals surface area contributed by atoms with Crippen molar-refractivity contribution in [3.05, 3.63) is 30.2 Å². The van der Waals surface area contributed by atoms with Gasteiger partial charge in [-0.3, -0.25) is 9.39 Å². The summed E-state index contributed by atoms with van der Waals surface area (Å²) in [6, 6.07) is 5.92. The van der Waals surface area contributed by atoms with E-state index in [4.69, 9.17) is 0 Å². The van der Waals surface area contributed by atoms with Gasteiger partial charge in [0.05, 0.1) is 6.54 Å². The second-order valence-corrected chi connectivity index (χ2v) is 7.63. The number of rotatable bonds is 6. The monoisotopic (exact) mass is 342 g/mol. The van der Waals surface area contributed by atoms with Crippen molar-refractivity contribution in [1.29, 1.82) is 0 Å². The molecule has 0 amide bonds. The van der Waals surface area contributed by atoms with E-state index < -0.39 is 0 Å². The molecule has 2 N–H and O–H groups in total. The predicted octanol–water partition coefficient (Wildman–Crippen LogP) is 3.00. The first-order chi connectivity index (χ1) is 12.1. The average molecular weight is 342 g/mol. The van der Waals surface area contributed by atoms with Gasteiger partial charge in [0.2, 0.25) is 0 Å². The van der Waals surface area contributed by atoms with Crippen LogP contribution in [-0.2, 0) is 6.54 Å². The van der Waals surface area contributed by atoms with Crippen molar-refractivity contribution in [3.63, 3.8) is 0 Å². The zero-order valence-electron chi connectivity index (χ0n) is 15.6. The zero-order valence-corrected chi connectivity index (χ0v) is 15.6. The summed E-state index contributed by atoms with van der Waals surface area (Å²) in [5.41, 5.74) is 1.29. The third kappa shape index (κ3) is 4.30. The van der Waals surface area contributed by atoms with E-state index in [-0.39, 0.29) is 0 Å². The number of fused-ring (bicyclic) bond motifs is 1. The number of hydrogen-bond acceptors (Lipinski definition) is 3. The Labute approximate surface area is 150 Å². The number of pyridine rings is 1. The highest BCUT2D eigenvalue weighted by Crippen LogP contribution is 2.42. The van der Waals surface area contributed by atoms with Crippen molar-refractivity contribution in [2.75, 3.05) is 13.6 Å². The standard InChI is InChI=1S/C19H30N6/c1-15(2)12-19(9-5-6-10-19)14-22-18(20-3)21-13-17-24-23-16-8-4-7-11-25(16)17/h4,7-8,11,15H,5-6,9-10,12-14H2,1-3H3,(H2,20,21,22). The Balaban J connectivity index is 1.58. The SMILES string of the molecule is CN=C(NCc1nnc2ccccn12)NCC1(CC(C)C)CCCC1. The van der Waals surface area contributed by atoms with Crippen molar-refractivity contribution in [1.82, 2.24) is 25.2 Å². The normalized spacial score (nSPS) is 17.4. The summed E-state index contributed by atoms with van der Waals surface area (Å²) in [7, 11) is 1.82. The van der Waals surface area contributed by atoms with Crippen LogP contribution in [0.3, 0.4) is 0 Å². The Morgan fingerprint density at radius 1 is 1.24 bits per heavy atom. The van der Waals surface area contributed by atoms with Gasteiger partial charge in [-0.1, -0.05) is 32.8 Å². The third-order valence-corrected chi connectivity index (χ3v) is 5.16. The molecule has 136 valence electrons. The summed E-state index contributed by atoms with van der Waals surface area (Å²) in [5, 5.41) is 15.4. The molecule has 0 radical (unpaired) electrons. The number of nitrogens with zero attached hydrogens (tertiary/aromatic N) is 4. The molecular weight excluding hydrogens is 312 g/mol. The minimum absolute atomic E-state index is 0.424. The molecule has 2 aromatic rings. The van der Waals surface area contributed by atoms with Crippen LogP contribution >= 0.6 is 0 Å². The lowest BCUT2D eigenvalue weighted by Gasteiger charge is -2.31. The van der Waals surface area contributed by atoms with E-state index in [1.165, 1.54) is 32.1 Å². The van der Waals surface area contributed by atoms with Gasteiger partial charge in [0.25, 0.3) is 0 Å². The highest BCUT2D eigenvalue weighted by atomic mass is 15.3. The smallest absolute Gasteiger partial charge is 0.191 e. The van der Waals surface area contributed by atoms with Gasteiger partial charge in [-0.05, 0) is 42.7 Å². The van der Waals surface area contributed by atoms with Gasteiger partial charge >= 0.3 is 0 Å². The van der Waals surface area contributed by atoms with Gasteiger partial charge in [0.15, 0.2) is 17.4 Å². The summed E-state index contributed by atoms with van der Waals surface area (Å²) in [5.74, 6) is 2.45. The van der Waals surface area contributed by atoms with Gasteiger partial charge in [-0.15, -0.1) is 10.2 Å². The second-order valence-electron chi connectivity index (χ2n) is 7.63. The number of aliphatic imine (C=N–C) groups is 1. The zero-order chi connectivity index (χ0) is 17.7. The minimum atomic E-state index is 0.424. The fourth-order valence-corrected chi connectivity index (χ4v) is 4.11. The van der Waals surface area contributed by atoms with Gasteiger partial charge in [-0.25, -0.2) is 0 Å². The van der Waals surface area contributed by atoms with Crippen molar-refractivity contribution in [3.8, 4) is 0 Å². The minimum Gasteiger partial charge on any atom is -0.356 e. The second kappa shape index (κ2) is 7.85. The van der Waals surface area contributed by atoms with E-state index in [2.05, 4.69) is 39.7 Å². The number of aromatic nitrogens is 3. The van der Waals surface area contributed by atoms with Crippen LogP contribution in [0.25, 0.3) is 5.65 Å². The average Bonchev–Trinajstić information content (AvgIpc) is 3.22. The molecule has 1 aliphatic rings. The van der Waals surface area contributed by atoms with Crippen LogP contribution in [0, 0.1) is 11.3 Å². The maximum absolute atomic E-state index is 4.38. The maximum Gasteiger partial charge on any atom is 0.191 e. The molecule has 2 aromatic heterocycles. The molecule has 1 saturated carbocycles. The molecule has 3 rings (SSSR count). The van der Waals surface area contributed by atoms with E-state index in [9.17, 15) is 0 Å². The fraction of sp³-hybridized carbons (Fsp3) is 0.632. The molecule has 6 nitrogen and oxygen atoms in total. The lowest BCUT2D eigenvalue weighted by atomic mass is 9.78. The summed E-state index contributed by atoms with van der Waals surface area (Å²) in [6.07, 6.45) is 8.62. The quantitative estimate of drug-likeness (QED) is 0.625. The molecule has 6 heteroatoms. The molecule has 1 aliphatic carbocycles. The molecule has 1 fully saturated rings. The van der Waals surface area contributed by atoms with Crippen LogP contribution < -0.4 is 10.6 Å². The molecule has 0 aromatic carbocycles. The molecule has 25 heavy (non-hydrogen) atoms. The molecule has 0 atom stereocenters. The number of nitrogens with one attached hydrogen (secondary N) is 2.